The number of aliphatic hydroxyl groups excluding tert-OH is 1. The van der Waals surface area contributed by atoms with Crippen LogP contribution in [0.2, 0.25) is 0 Å². The first kappa shape index (κ1) is 14.6. The van der Waals surface area contributed by atoms with E-state index < -0.39 is 23.7 Å². The summed E-state index contributed by atoms with van der Waals surface area (Å²) in [6, 6.07) is 2.66. The van der Waals surface area contributed by atoms with E-state index >= 15 is 0 Å². The zero-order chi connectivity index (χ0) is 15.1. The van der Waals surface area contributed by atoms with Gasteiger partial charge in [-0.05, 0) is 18.2 Å². The molecule has 9 heteroatoms. The minimum absolute atomic E-state index is 0.0843. The zero-order valence-corrected chi connectivity index (χ0v) is 10.2. The second-order valence-electron chi connectivity index (χ2n) is 3.76. The molecule has 20 heavy (non-hydrogen) atoms. The number of fused-ring (bicyclic) bond motifs is 1. The Labute approximate surface area is 112 Å². The Hall–Kier alpha value is -1.77. The van der Waals surface area contributed by atoms with Gasteiger partial charge in [0.1, 0.15) is 5.01 Å². The molecule has 1 N–H and O–H groups in total. The highest BCUT2D eigenvalue weighted by atomic mass is 32.1. The van der Waals surface area contributed by atoms with Gasteiger partial charge in [0.05, 0.1) is 15.8 Å². The molecule has 0 aliphatic rings. The van der Waals surface area contributed by atoms with E-state index in [1.165, 1.54) is 0 Å². The topological polar surface area (TPSA) is 33.1 Å². The Balaban J connectivity index is 2.45. The number of hydrogen-bond donors (Lipinski definition) is 1. The molecule has 0 aliphatic heterocycles. The first-order chi connectivity index (χ1) is 9.07. The molecule has 2 nitrogen and oxygen atoms in total. The molecule has 0 radical (unpaired) electrons. The average Bonchev–Trinajstić information content (AvgIpc) is 2.67. The summed E-state index contributed by atoms with van der Waals surface area (Å²) in [5.74, 6) is -1.85. The van der Waals surface area contributed by atoms with E-state index in [1.54, 1.807) is 0 Å². The molecule has 0 saturated heterocycles. The Kier molecular flexibility index (Phi) is 3.41. The van der Waals surface area contributed by atoms with Gasteiger partial charge in [-0.1, -0.05) is 0 Å². The number of benzene rings is 1. The van der Waals surface area contributed by atoms with Crippen LogP contribution in [0.1, 0.15) is 10.6 Å². The van der Waals surface area contributed by atoms with Crippen molar-refractivity contribution in [3.8, 4) is 0 Å². The Morgan fingerprint density at radius 2 is 1.80 bits per heavy atom. The summed E-state index contributed by atoms with van der Waals surface area (Å²) in [4.78, 5) is 3.70. The van der Waals surface area contributed by atoms with Crippen LogP contribution in [0.4, 0.5) is 26.3 Å². The lowest BCUT2D eigenvalue weighted by Crippen LogP contribution is -2.10. The molecule has 0 fully saturated rings. The fourth-order valence-electron chi connectivity index (χ4n) is 1.38. The van der Waals surface area contributed by atoms with Gasteiger partial charge in [-0.15, -0.1) is 11.3 Å². The molecule has 0 aliphatic carbocycles. The molecule has 1 aromatic heterocycles. The Bertz CT molecular complexity index is 670. The fraction of sp³-hybridized carbons (Fsp3) is 0.182. The van der Waals surface area contributed by atoms with Crippen LogP contribution in [0.3, 0.4) is 0 Å². The van der Waals surface area contributed by atoms with Gasteiger partial charge >= 0.3 is 12.4 Å². The normalized spacial score (nSPS) is 14.0. The van der Waals surface area contributed by atoms with E-state index in [2.05, 4.69) is 4.98 Å². The summed E-state index contributed by atoms with van der Waals surface area (Å²) in [6.45, 7) is 0. The van der Waals surface area contributed by atoms with Crippen molar-refractivity contribution in [2.45, 2.75) is 12.4 Å². The van der Waals surface area contributed by atoms with E-state index in [1.807, 2.05) is 0 Å². The third-order valence-electron chi connectivity index (χ3n) is 2.28. The molecular weight excluding hydrogens is 308 g/mol. The lowest BCUT2D eigenvalue weighted by Gasteiger charge is -2.04. The van der Waals surface area contributed by atoms with Crippen molar-refractivity contribution in [1.82, 2.24) is 4.98 Å². The molecular formula is C11H5F6NOS. The second kappa shape index (κ2) is 4.65. The predicted molar refractivity (Wildman–Crippen MR) is 61.3 cm³/mol. The van der Waals surface area contributed by atoms with Crippen LogP contribution < -0.4 is 0 Å². The van der Waals surface area contributed by atoms with Crippen LogP contribution in [-0.4, -0.2) is 16.3 Å². The summed E-state index contributed by atoms with van der Waals surface area (Å²) < 4.78 is 73.9. The number of halogens is 6. The third-order valence-corrected chi connectivity index (χ3v) is 3.25. The monoisotopic (exact) mass is 313 g/mol. The molecule has 0 atom stereocenters. The van der Waals surface area contributed by atoms with E-state index in [0.29, 0.717) is 17.4 Å². The van der Waals surface area contributed by atoms with Gasteiger partial charge in [0.15, 0.2) is 0 Å². The highest BCUT2D eigenvalue weighted by Gasteiger charge is 2.34. The maximum absolute atomic E-state index is 12.5. The molecule has 108 valence electrons. The van der Waals surface area contributed by atoms with Gasteiger partial charge in [-0.25, -0.2) is 4.98 Å². The lowest BCUT2D eigenvalue weighted by molar-refractivity contribution is -0.137. The van der Waals surface area contributed by atoms with Crippen LogP contribution in [0, 0.1) is 0 Å². The number of alkyl halides is 6. The molecule has 2 aromatic rings. The lowest BCUT2D eigenvalue weighted by atomic mass is 10.2. The first-order valence-electron chi connectivity index (χ1n) is 5.03. The van der Waals surface area contributed by atoms with E-state index in [4.69, 9.17) is 5.11 Å². The Morgan fingerprint density at radius 3 is 2.35 bits per heavy atom. The third kappa shape index (κ3) is 3.03. The van der Waals surface area contributed by atoms with Gasteiger partial charge in [0.25, 0.3) is 0 Å². The molecule has 1 heterocycles. The van der Waals surface area contributed by atoms with Gasteiger partial charge in [-0.3, -0.25) is 0 Å². The van der Waals surface area contributed by atoms with Crippen molar-refractivity contribution in [2.24, 2.45) is 0 Å². The smallest absolute Gasteiger partial charge is 0.448 e. The summed E-state index contributed by atoms with van der Waals surface area (Å²) in [6.07, 6.45) is -9.09. The van der Waals surface area contributed by atoms with Gasteiger partial charge in [0.2, 0.25) is 5.76 Å². The molecule has 2 rings (SSSR count). The van der Waals surface area contributed by atoms with Gasteiger partial charge in [0, 0.05) is 6.08 Å². The van der Waals surface area contributed by atoms with Crippen LogP contribution in [0.15, 0.2) is 24.0 Å². The first-order valence-corrected chi connectivity index (χ1v) is 5.84. The van der Waals surface area contributed by atoms with E-state index in [-0.39, 0.29) is 15.2 Å². The predicted octanol–water partition coefficient (Wildman–Crippen LogP) is 4.78. The SMILES string of the molecule is OC(=Cc1nc2ccc(C(F)(F)F)cc2s1)C(F)(F)F. The number of hydrogen-bond acceptors (Lipinski definition) is 3. The van der Waals surface area contributed by atoms with Crippen molar-refractivity contribution < 1.29 is 31.4 Å². The van der Waals surface area contributed by atoms with Crippen LogP contribution >= 0.6 is 11.3 Å². The largest absolute Gasteiger partial charge is 0.504 e. The van der Waals surface area contributed by atoms with E-state index in [9.17, 15) is 26.3 Å². The number of rotatable bonds is 1. The maximum Gasteiger partial charge on any atom is 0.448 e. The maximum atomic E-state index is 12.5. The quantitative estimate of drug-likeness (QED) is 0.607. The summed E-state index contributed by atoms with van der Waals surface area (Å²) >= 11 is 0.624. The number of aliphatic hydroxyl groups is 1. The van der Waals surface area contributed by atoms with Gasteiger partial charge in [-0.2, -0.15) is 26.3 Å². The van der Waals surface area contributed by atoms with E-state index in [0.717, 1.165) is 18.2 Å². The number of thiazole rings is 1. The van der Waals surface area contributed by atoms with Crippen molar-refractivity contribution in [3.05, 3.63) is 34.5 Å². The highest BCUT2D eigenvalue weighted by molar-refractivity contribution is 7.19. The van der Waals surface area contributed by atoms with Crippen LogP contribution in [0.25, 0.3) is 16.3 Å². The van der Waals surface area contributed by atoms with Crippen molar-refractivity contribution >= 4 is 27.6 Å². The fourth-order valence-corrected chi connectivity index (χ4v) is 2.32. The van der Waals surface area contributed by atoms with Crippen molar-refractivity contribution in [2.75, 3.05) is 0 Å². The summed E-state index contributed by atoms with van der Waals surface area (Å²) in [5, 5.41) is 8.54. The summed E-state index contributed by atoms with van der Waals surface area (Å²) in [7, 11) is 0. The molecule has 0 bridgehead atoms. The van der Waals surface area contributed by atoms with Crippen molar-refractivity contribution in [1.29, 1.82) is 0 Å². The van der Waals surface area contributed by atoms with Gasteiger partial charge < -0.3 is 5.11 Å². The molecule has 0 amide bonds. The van der Waals surface area contributed by atoms with Crippen LogP contribution in [0.5, 0.6) is 0 Å². The highest BCUT2D eigenvalue weighted by Crippen LogP contribution is 2.34. The zero-order valence-electron chi connectivity index (χ0n) is 9.38. The standard InChI is InChI=1S/C11H5F6NOS/c12-10(13,14)5-1-2-6-7(3-5)20-9(18-6)4-8(19)11(15,16)17/h1-4,19H. The number of aromatic nitrogens is 1. The second-order valence-corrected chi connectivity index (χ2v) is 4.82. The Morgan fingerprint density at radius 1 is 1.15 bits per heavy atom. The minimum atomic E-state index is -4.92. The number of nitrogens with zero attached hydrogens (tertiary/aromatic N) is 1. The molecule has 1 aromatic carbocycles. The minimum Gasteiger partial charge on any atom is -0.504 e. The number of allylic oxidation sites excluding steroid dienone is 1. The molecule has 0 spiro atoms. The molecule has 0 saturated carbocycles. The summed E-state index contributed by atoms with van der Waals surface area (Å²) in [5.41, 5.74) is -0.784. The molecule has 0 unspecified atom stereocenters. The average molecular weight is 313 g/mol. The van der Waals surface area contributed by atoms with Crippen molar-refractivity contribution in [3.63, 3.8) is 0 Å². The van der Waals surface area contributed by atoms with Crippen LogP contribution in [-0.2, 0) is 6.18 Å².